The Hall–Kier alpha value is -1.93. The molecular formula is C13H19N5O2S. The van der Waals surface area contributed by atoms with Crippen LogP contribution in [-0.2, 0) is 16.6 Å². The molecule has 7 nitrogen and oxygen atoms in total. The van der Waals surface area contributed by atoms with Crippen LogP contribution in [0.5, 0.6) is 0 Å². The van der Waals surface area contributed by atoms with Crippen LogP contribution in [0.3, 0.4) is 0 Å². The smallest absolute Gasteiger partial charge is 0.265 e. The lowest BCUT2D eigenvalue weighted by Gasteiger charge is -2.08. The van der Waals surface area contributed by atoms with Gasteiger partial charge in [-0.05, 0) is 38.9 Å². The summed E-state index contributed by atoms with van der Waals surface area (Å²) in [7, 11) is -3.68. The molecule has 0 fully saturated rings. The number of aromatic nitrogens is 3. The second-order valence-corrected chi connectivity index (χ2v) is 6.33. The van der Waals surface area contributed by atoms with E-state index in [1.54, 1.807) is 36.9 Å². The van der Waals surface area contributed by atoms with Crippen LogP contribution in [0.1, 0.15) is 17.8 Å². The van der Waals surface area contributed by atoms with Gasteiger partial charge < -0.3 is 5.73 Å². The summed E-state index contributed by atoms with van der Waals surface area (Å²) in [5, 5.41) is 4.28. The molecule has 0 unspecified atom stereocenters. The highest BCUT2D eigenvalue weighted by molar-refractivity contribution is 7.92. The van der Waals surface area contributed by atoms with Gasteiger partial charge in [-0.15, -0.1) is 0 Å². The Kier molecular flexibility index (Phi) is 4.59. The quantitative estimate of drug-likeness (QED) is 0.830. The van der Waals surface area contributed by atoms with Gasteiger partial charge in [0, 0.05) is 12.7 Å². The number of nitrogens with one attached hydrogen (secondary N) is 1. The van der Waals surface area contributed by atoms with Gasteiger partial charge in [0.05, 0.1) is 23.3 Å². The van der Waals surface area contributed by atoms with Crippen LogP contribution < -0.4 is 10.5 Å². The number of rotatable bonds is 6. The predicted molar refractivity (Wildman–Crippen MR) is 80.4 cm³/mol. The van der Waals surface area contributed by atoms with E-state index in [0.29, 0.717) is 30.2 Å². The molecule has 8 heteroatoms. The summed E-state index contributed by atoms with van der Waals surface area (Å²) >= 11 is 0. The van der Waals surface area contributed by atoms with E-state index in [9.17, 15) is 8.42 Å². The number of nitrogens with zero attached hydrogens (tertiary/aromatic N) is 3. The largest absolute Gasteiger partial charge is 0.330 e. The van der Waals surface area contributed by atoms with Crippen molar-refractivity contribution in [3.05, 3.63) is 35.9 Å². The Morgan fingerprint density at radius 1 is 1.38 bits per heavy atom. The van der Waals surface area contributed by atoms with Crippen molar-refractivity contribution in [2.24, 2.45) is 5.73 Å². The summed E-state index contributed by atoms with van der Waals surface area (Å²) in [6.45, 7) is 4.57. The van der Waals surface area contributed by atoms with Crippen LogP contribution in [0.15, 0.2) is 29.4 Å². The number of nitrogens with two attached hydrogens (primary N) is 1. The lowest BCUT2D eigenvalue weighted by Crippen LogP contribution is -2.15. The van der Waals surface area contributed by atoms with Gasteiger partial charge in [-0.1, -0.05) is 0 Å². The SMILES string of the molecule is Cc1nn(CCCN)c(C)c1S(=O)(=O)Nc1cccnc1. The maximum atomic E-state index is 12.5. The Labute approximate surface area is 124 Å². The summed E-state index contributed by atoms with van der Waals surface area (Å²) in [6.07, 6.45) is 3.79. The van der Waals surface area contributed by atoms with E-state index in [1.807, 2.05) is 0 Å². The standard InChI is InChI=1S/C13H19N5O2S/c1-10-13(11(2)18(16-10)8-4-6-14)21(19,20)17-12-5-3-7-15-9-12/h3,5,7,9,17H,4,6,8,14H2,1-2H3. The molecule has 0 aliphatic heterocycles. The molecule has 0 bridgehead atoms. The Bertz CT molecular complexity index is 710. The topological polar surface area (TPSA) is 103 Å². The molecule has 2 aromatic heterocycles. The molecule has 2 rings (SSSR count). The summed E-state index contributed by atoms with van der Waals surface area (Å²) in [6, 6.07) is 3.32. The van der Waals surface area contributed by atoms with Crippen LogP contribution in [0.4, 0.5) is 5.69 Å². The van der Waals surface area contributed by atoms with Crippen molar-refractivity contribution in [2.45, 2.75) is 31.7 Å². The first kappa shape index (κ1) is 15.5. The molecule has 0 saturated carbocycles. The summed E-state index contributed by atoms with van der Waals surface area (Å²) in [4.78, 5) is 4.10. The van der Waals surface area contributed by atoms with Gasteiger partial charge in [0.25, 0.3) is 10.0 Å². The monoisotopic (exact) mass is 309 g/mol. The van der Waals surface area contributed by atoms with Gasteiger partial charge in [-0.2, -0.15) is 5.10 Å². The maximum absolute atomic E-state index is 12.5. The number of pyridine rings is 1. The zero-order valence-electron chi connectivity index (χ0n) is 12.1. The van der Waals surface area contributed by atoms with Gasteiger partial charge in [-0.25, -0.2) is 8.42 Å². The summed E-state index contributed by atoms with van der Waals surface area (Å²) < 4.78 is 29.2. The second kappa shape index (κ2) is 6.23. The van der Waals surface area contributed by atoms with E-state index < -0.39 is 10.0 Å². The Morgan fingerprint density at radius 3 is 2.76 bits per heavy atom. The molecule has 0 aromatic carbocycles. The summed E-state index contributed by atoms with van der Waals surface area (Å²) in [5.74, 6) is 0. The molecular weight excluding hydrogens is 290 g/mol. The van der Waals surface area contributed by atoms with Gasteiger partial charge in [0.1, 0.15) is 4.90 Å². The molecule has 0 saturated heterocycles. The van der Waals surface area contributed by atoms with Crippen molar-refractivity contribution in [2.75, 3.05) is 11.3 Å². The van der Waals surface area contributed by atoms with Crippen molar-refractivity contribution in [1.82, 2.24) is 14.8 Å². The molecule has 0 radical (unpaired) electrons. The highest BCUT2D eigenvalue weighted by atomic mass is 32.2. The third kappa shape index (κ3) is 3.40. The number of sulfonamides is 1. The molecule has 0 aliphatic rings. The lowest BCUT2D eigenvalue weighted by molar-refractivity contribution is 0.565. The lowest BCUT2D eigenvalue weighted by atomic mass is 10.4. The van der Waals surface area contributed by atoms with Crippen molar-refractivity contribution in [3.63, 3.8) is 0 Å². The first-order valence-corrected chi connectivity index (χ1v) is 8.11. The van der Waals surface area contributed by atoms with Gasteiger partial charge in [0.15, 0.2) is 0 Å². The van der Waals surface area contributed by atoms with Crippen molar-refractivity contribution in [3.8, 4) is 0 Å². The second-order valence-electron chi connectivity index (χ2n) is 4.71. The number of anilines is 1. The highest BCUT2D eigenvalue weighted by Crippen LogP contribution is 2.22. The first-order valence-electron chi connectivity index (χ1n) is 6.62. The van der Waals surface area contributed by atoms with Crippen LogP contribution >= 0.6 is 0 Å². The van der Waals surface area contributed by atoms with Crippen LogP contribution in [0.25, 0.3) is 0 Å². The third-order valence-corrected chi connectivity index (χ3v) is 4.70. The maximum Gasteiger partial charge on any atom is 0.265 e. The highest BCUT2D eigenvalue weighted by Gasteiger charge is 2.24. The Morgan fingerprint density at radius 2 is 2.14 bits per heavy atom. The molecule has 0 atom stereocenters. The van der Waals surface area contributed by atoms with Crippen molar-refractivity contribution < 1.29 is 8.42 Å². The number of hydrogen-bond acceptors (Lipinski definition) is 5. The minimum absolute atomic E-state index is 0.211. The molecule has 2 aromatic rings. The van der Waals surface area contributed by atoms with E-state index in [2.05, 4.69) is 14.8 Å². The normalized spacial score (nSPS) is 11.6. The number of aryl methyl sites for hydroxylation is 2. The van der Waals surface area contributed by atoms with Crippen LogP contribution in [0, 0.1) is 13.8 Å². The minimum Gasteiger partial charge on any atom is -0.330 e. The zero-order valence-corrected chi connectivity index (χ0v) is 12.9. The average molecular weight is 309 g/mol. The molecule has 3 N–H and O–H groups in total. The van der Waals surface area contributed by atoms with Gasteiger partial charge in [0.2, 0.25) is 0 Å². The molecule has 21 heavy (non-hydrogen) atoms. The minimum atomic E-state index is -3.68. The average Bonchev–Trinajstić information content (AvgIpc) is 2.72. The summed E-state index contributed by atoms with van der Waals surface area (Å²) in [5.41, 5.74) is 6.98. The van der Waals surface area contributed by atoms with Gasteiger partial charge in [-0.3, -0.25) is 14.4 Å². The molecule has 0 aliphatic carbocycles. The van der Waals surface area contributed by atoms with Crippen molar-refractivity contribution >= 4 is 15.7 Å². The molecule has 0 spiro atoms. The van der Waals surface area contributed by atoms with E-state index in [0.717, 1.165) is 6.42 Å². The van der Waals surface area contributed by atoms with E-state index in [4.69, 9.17) is 5.73 Å². The van der Waals surface area contributed by atoms with E-state index in [-0.39, 0.29) is 4.90 Å². The predicted octanol–water partition coefficient (Wildman–Crippen LogP) is 1.04. The fraction of sp³-hybridized carbons (Fsp3) is 0.385. The molecule has 0 amide bonds. The van der Waals surface area contributed by atoms with Crippen LogP contribution in [-0.4, -0.2) is 29.7 Å². The zero-order chi connectivity index (χ0) is 15.5. The Balaban J connectivity index is 2.34. The fourth-order valence-corrected chi connectivity index (χ4v) is 3.61. The first-order chi connectivity index (χ1) is 9.95. The van der Waals surface area contributed by atoms with E-state index in [1.165, 1.54) is 6.20 Å². The number of hydrogen-bond donors (Lipinski definition) is 2. The fourth-order valence-electron chi connectivity index (χ4n) is 2.16. The van der Waals surface area contributed by atoms with E-state index >= 15 is 0 Å². The third-order valence-electron chi connectivity index (χ3n) is 3.07. The van der Waals surface area contributed by atoms with Crippen LogP contribution in [0.2, 0.25) is 0 Å². The molecule has 114 valence electrons. The van der Waals surface area contributed by atoms with Gasteiger partial charge >= 0.3 is 0 Å². The molecule has 2 heterocycles. The van der Waals surface area contributed by atoms with Crippen molar-refractivity contribution in [1.29, 1.82) is 0 Å².